The van der Waals surface area contributed by atoms with Gasteiger partial charge in [-0.25, -0.2) is 0 Å². The molecular weight excluding hydrogens is 318 g/mol. The maximum Gasteiger partial charge on any atom is 0.310 e. The zero-order chi connectivity index (χ0) is 17.9. The zero-order valence-electron chi connectivity index (χ0n) is 14.3. The minimum absolute atomic E-state index is 0.172. The van der Waals surface area contributed by atoms with Gasteiger partial charge in [-0.15, -0.1) is 6.58 Å². The van der Waals surface area contributed by atoms with Crippen molar-refractivity contribution < 1.29 is 19.4 Å². The van der Waals surface area contributed by atoms with Crippen molar-refractivity contribution in [1.82, 2.24) is 0 Å². The van der Waals surface area contributed by atoms with Crippen LogP contribution in [0.1, 0.15) is 18.9 Å². The predicted octanol–water partition coefficient (Wildman–Crippen LogP) is 2.70. The highest BCUT2D eigenvalue weighted by Crippen LogP contribution is 2.56. The Morgan fingerprint density at radius 2 is 2.04 bits per heavy atom. The fourth-order valence-electron chi connectivity index (χ4n) is 4.53. The third-order valence-electron chi connectivity index (χ3n) is 5.56. The van der Waals surface area contributed by atoms with E-state index in [0.717, 1.165) is 16.8 Å². The van der Waals surface area contributed by atoms with Crippen LogP contribution in [0.2, 0.25) is 0 Å². The van der Waals surface area contributed by atoms with Gasteiger partial charge in [0, 0.05) is 5.69 Å². The molecule has 2 saturated heterocycles. The molecule has 25 heavy (non-hydrogen) atoms. The van der Waals surface area contributed by atoms with Crippen molar-refractivity contribution in [2.24, 2.45) is 11.8 Å². The second-order valence-electron chi connectivity index (χ2n) is 7.36. The van der Waals surface area contributed by atoms with Crippen LogP contribution in [0.3, 0.4) is 0 Å². The molecule has 5 atom stereocenters. The lowest BCUT2D eigenvalue weighted by Gasteiger charge is -2.33. The highest BCUT2D eigenvalue weighted by molar-refractivity contribution is 6.03. The Labute approximate surface area is 146 Å². The van der Waals surface area contributed by atoms with E-state index in [1.807, 2.05) is 44.2 Å². The largest absolute Gasteiger partial charge is 0.481 e. The minimum Gasteiger partial charge on any atom is -0.481 e. The van der Waals surface area contributed by atoms with E-state index in [1.165, 1.54) is 0 Å². The standard InChI is InChI=1S/C20H21NO4/c1-11(2)10-15-20-9-8-14(25-20)16(19(23)24)17(20)18(22)21(15)13-6-4-12(3)5-7-13/h4-9,14-17H,1,10H2,2-3H3,(H,23,24)/t14-,15+,16-,17-,20+/m1/s1. The van der Waals surface area contributed by atoms with Gasteiger partial charge in [0.2, 0.25) is 5.91 Å². The molecule has 0 aliphatic carbocycles. The second-order valence-corrected chi connectivity index (χ2v) is 7.36. The third-order valence-corrected chi connectivity index (χ3v) is 5.56. The van der Waals surface area contributed by atoms with Gasteiger partial charge < -0.3 is 14.7 Å². The summed E-state index contributed by atoms with van der Waals surface area (Å²) >= 11 is 0. The molecule has 0 unspecified atom stereocenters. The molecule has 3 aliphatic rings. The van der Waals surface area contributed by atoms with E-state index >= 15 is 0 Å². The number of hydrogen-bond acceptors (Lipinski definition) is 3. The maximum absolute atomic E-state index is 13.3. The highest BCUT2D eigenvalue weighted by atomic mass is 16.5. The van der Waals surface area contributed by atoms with Gasteiger partial charge in [0.1, 0.15) is 11.5 Å². The molecule has 1 N–H and O–H groups in total. The van der Waals surface area contributed by atoms with Crippen molar-refractivity contribution in [3.63, 3.8) is 0 Å². The van der Waals surface area contributed by atoms with Gasteiger partial charge in [-0.3, -0.25) is 9.59 Å². The molecule has 5 nitrogen and oxygen atoms in total. The summed E-state index contributed by atoms with van der Waals surface area (Å²) < 4.78 is 6.12. The number of nitrogens with zero attached hydrogens (tertiary/aromatic N) is 1. The molecule has 4 rings (SSSR count). The summed E-state index contributed by atoms with van der Waals surface area (Å²) in [6, 6.07) is 7.44. The van der Waals surface area contributed by atoms with Crippen molar-refractivity contribution in [3.8, 4) is 0 Å². The van der Waals surface area contributed by atoms with Crippen molar-refractivity contribution in [3.05, 3.63) is 54.1 Å². The SMILES string of the molecule is C=C(C)C[C@@H]1N(c2ccc(C)cc2)C(=O)[C@H]2[C@H](C(=O)O)[C@H]3C=C[C@]12O3. The lowest BCUT2D eigenvalue weighted by Crippen LogP contribution is -2.45. The minimum atomic E-state index is -0.977. The lowest BCUT2D eigenvalue weighted by atomic mass is 9.74. The fourth-order valence-corrected chi connectivity index (χ4v) is 4.53. The van der Waals surface area contributed by atoms with E-state index in [-0.39, 0.29) is 11.9 Å². The van der Waals surface area contributed by atoms with Gasteiger partial charge in [0.15, 0.2) is 0 Å². The van der Waals surface area contributed by atoms with Crippen molar-refractivity contribution in [2.75, 3.05) is 4.90 Å². The number of carboxylic acids is 1. The van der Waals surface area contributed by atoms with Gasteiger partial charge in [0.05, 0.1) is 18.1 Å². The molecule has 0 saturated carbocycles. The number of anilines is 1. The Morgan fingerprint density at radius 3 is 2.64 bits per heavy atom. The Bertz CT molecular complexity index is 796. The average molecular weight is 339 g/mol. The number of benzene rings is 1. The predicted molar refractivity (Wildman–Crippen MR) is 93.2 cm³/mol. The van der Waals surface area contributed by atoms with E-state index < -0.39 is 29.5 Å². The topological polar surface area (TPSA) is 66.8 Å². The van der Waals surface area contributed by atoms with E-state index in [1.54, 1.807) is 11.0 Å². The van der Waals surface area contributed by atoms with E-state index in [9.17, 15) is 14.7 Å². The molecule has 5 heteroatoms. The quantitative estimate of drug-likeness (QED) is 0.857. The smallest absolute Gasteiger partial charge is 0.310 e. The van der Waals surface area contributed by atoms with Crippen LogP contribution in [0.25, 0.3) is 0 Å². The van der Waals surface area contributed by atoms with Crippen molar-refractivity contribution >= 4 is 17.6 Å². The number of rotatable bonds is 4. The summed E-state index contributed by atoms with van der Waals surface area (Å²) in [5.74, 6) is -2.67. The number of aryl methyl sites for hydroxylation is 1. The normalized spacial score (nSPS) is 35.3. The van der Waals surface area contributed by atoms with Crippen molar-refractivity contribution in [2.45, 2.75) is 38.0 Å². The van der Waals surface area contributed by atoms with Crippen LogP contribution in [-0.4, -0.2) is 34.7 Å². The second kappa shape index (κ2) is 5.30. The number of carboxylic acid groups (broad SMARTS) is 1. The Kier molecular flexibility index (Phi) is 3.41. The summed E-state index contributed by atoms with van der Waals surface area (Å²) in [4.78, 5) is 26.8. The van der Waals surface area contributed by atoms with Gasteiger partial charge in [-0.05, 0) is 32.4 Å². The van der Waals surface area contributed by atoms with Crippen LogP contribution in [0.5, 0.6) is 0 Å². The van der Waals surface area contributed by atoms with Gasteiger partial charge in [-0.1, -0.05) is 35.4 Å². The number of aliphatic carboxylic acids is 1. The first kappa shape index (κ1) is 16.1. The molecular formula is C20H21NO4. The molecule has 1 amide bonds. The molecule has 3 heterocycles. The van der Waals surface area contributed by atoms with E-state index in [2.05, 4.69) is 6.58 Å². The third kappa shape index (κ3) is 2.12. The summed E-state index contributed by atoms with van der Waals surface area (Å²) in [6.07, 6.45) is 3.74. The van der Waals surface area contributed by atoms with Crippen LogP contribution >= 0.6 is 0 Å². The number of amides is 1. The molecule has 130 valence electrons. The highest BCUT2D eigenvalue weighted by Gasteiger charge is 2.71. The Balaban J connectivity index is 1.84. The molecule has 3 aliphatic heterocycles. The van der Waals surface area contributed by atoms with Gasteiger partial charge in [0.25, 0.3) is 0 Å². The van der Waals surface area contributed by atoms with Crippen molar-refractivity contribution in [1.29, 1.82) is 0 Å². The molecule has 2 fully saturated rings. The molecule has 1 spiro atoms. The maximum atomic E-state index is 13.3. The molecule has 0 aromatic heterocycles. The van der Waals surface area contributed by atoms with Crippen LogP contribution < -0.4 is 4.90 Å². The number of hydrogen-bond donors (Lipinski definition) is 1. The molecule has 1 aromatic rings. The first-order valence-corrected chi connectivity index (χ1v) is 8.49. The summed E-state index contributed by atoms with van der Waals surface area (Å²) in [5, 5.41) is 9.66. The van der Waals surface area contributed by atoms with E-state index in [4.69, 9.17) is 4.74 Å². The van der Waals surface area contributed by atoms with E-state index in [0.29, 0.717) is 6.42 Å². The number of carbonyl (C=O) groups is 2. The van der Waals surface area contributed by atoms with Gasteiger partial charge in [-0.2, -0.15) is 0 Å². The first-order chi connectivity index (χ1) is 11.8. The molecule has 2 bridgehead atoms. The van der Waals surface area contributed by atoms with Crippen LogP contribution in [0.4, 0.5) is 5.69 Å². The molecule has 0 radical (unpaired) electrons. The Hall–Kier alpha value is -2.40. The number of carbonyl (C=O) groups excluding carboxylic acids is 1. The summed E-state index contributed by atoms with van der Waals surface area (Å²) in [6.45, 7) is 7.91. The molecule has 1 aromatic carbocycles. The average Bonchev–Trinajstić information content (AvgIpc) is 3.18. The monoisotopic (exact) mass is 339 g/mol. The van der Waals surface area contributed by atoms with Gasteiger partial charge >= 0.3 is 5.97 Å². The summed E-state index contributed by atoms with van der Waals surface area (Å²) in [7, 11) is 0. The van der Waals surface area contributed by atoms with Crippen LogP contribution in [0, 0.1) is 18.8 Å². The fraction of sp³-hybridized carbons (Fsp3) is 0.400. The zero-order valence-corrected chi connectivity index (χ0v) is 14.3. The van der Waals surface area contributed by atoms with Crippen LogP contribution in [-0.2, 0) is 14.3 Å². The summed E-state index contributed by atoms with van der Waals surface area (Å²) in [5.41, 5.74) is 1.93. The number of ether oxygens (including phenoxy) is 1. The van der Waals surface area contributed by atoms with Crippen LogP contribution in [0.15, 0.2) is 48.6 Å². The number of fused-ring (bicyclic) bond motifs is 1. The Morgan fingerprint density at radius 1 is 1.36 bits per heavy atom. The first-order valence-electron chi connectivity index (χ1n) is 8.49. The lowest BCUT2D eigenvalue weighted by molar-refractivity contribution is -0.146.